The second kappa shape index (κ2) is 3.09. The van der Waals surface area contributed by atoms with Crippen LogP contribution in [0.4, 0.5) is 0 Å². The molecule has 1 heteroatoms. The fourth-order valence-corrected chi connectivity index (χ4v) is 3.95. The Hall–Kier alpha value is -0.823. The third-order valence-electron chi connectivity index (χ3n) is 2.89. The number of benzene rings is 1. The van der Waals surface area contributed by atoms with E-state index in [1.165, 1.54) is 16.7 Å². The van der Waals surface area contributed by atoms with Crippen LogP contribution in [0.2, 0.25) is 19.6 Å². The van der Waals surface area contributed by atoms with Gasteiger partial charge in [-0.05, 0) is 24.5 Å². The monoisotopic (exact) mass is 202 g/mol. The lowest BCUT2D eigenvalue weighted by Gasteiger charge is -2.19. The summed E-state index contributed by atoms with van der Waals surface area (Å²) in [5.41, 5.74) is 4.44. The summed E-state index contributed by atoms with van der Waals surface area (Å²) in [6.07, 6.45) is 3.59. The zero-order valence-corrected chi connectivity index (χ0v) is 10.5. The summed E-state index contributed by atoms with van der Waals surface area (Å²) in [6.45, 7) is 9.45. The van der Waals surface area contributed by atoms with Gasteiger partial charge in [-0.2, -0.15) is 0 Å². The Balaban J connectivity index is 2.48. The Bertz CT molecular complexity index is 394. The molecular weight excluding hydrogens is 184 g/mol. The first kappa shape index (κ1) is 9.72. The van der Waals surface area contributed by atoms with Crippen LogP contribution in [0.25, 0.3) is 5.20 Å². The van der Waals surface area contributed by atoms with Crippen LogP contribution >= 0.6 is 0 Å². The van der Waals surface area contributed by atoms with Gasteiger partial charge in [0.05, 0.1) is 8.07 Å². The van der Waals surface area contributed by atoms with E-state index in [0.717, 1.165) is 6.42 Å². The van der Waals surface area contributed by atoms with Crippen LogP contribution in [0.1, 0.15) is 16.7 Å². The molecule has 0 saturated heterocycles. The van der Waals surface area contributed by atoms with Gasteiger partial charge in [-0.3, -0.25) is 0 Å². The van der Waals surface area contributed by atoms with E-state index in [-0.39, 0.29) is 0 Å². The van der Waals surface area contributed by atoms with Crippen molar-refractivity contribution in [1.82, 2.24) is 0 Å². The van der Waals surface area contributed by atoms with Gasteiger partial charge in [0.15, 0.2) is 0 Å². The van der Waals surface area contributed by atoms with Crippen molar-refractivity contribution >= 4 is 13.3 Å². The predicted molar refractivity (Wildman–Crippen MR) is 66.2 cm³/mol. The van der Waals surface area contributed by atoms with E-state index >= 15 is 0 Å². The van der Waals surface area contributed by atoms with E-state index in [9.17, 15) is 0 Å². The molecule has 1 aliphatic carbocycles. The number of hydrogen-bond acceptors (Lipinski definition) is 0. The number of aryl methyl sites for hydroxylation is 1. The zero-order chi connectivity index (χ0) is 10.3. The van der Waals surface area contributed by atoms with Crippen molar-refractivity contribution in [3.05, 3.63) is 41.0 Å². The molecule has 0 saturated carbocycles. The standard InChI is InChI=1S/C13H18Si/c1-10-5-7-12-11(9-10)6-8-13(12)14(2,3)4/h5,7-9H,6H2,1-4H3. The summed E-state index contributed by atoms with van der Waals surface area (Å²) < 4.78 is 0. The SMILES string of the molecule is Cc1ccc2c(c1)CC=C2[Si](C)(C)C. The fourth-order valence-electron chi connectivity index (χ4n) is 2.19. The van der Waals surface area contributed by atoms with Crippen LogP contribution in [-0.2, 0) is 6.42 Å². The molecule has 0 N–H and O–H groups in total. The van der Waals surface area contributed by atoms with Gasteiger partial charge in [0.25, 0.3) is 0 Å². The summed E-state index contributed by atoms with van der Waals surface area (Å²) in [5, 5.41) is 1.65. The lowest BCUT2D eigenvalue weighted by molar-refractivity contribution is 1.28. The second-order valence-electron chi connectivity index (χ2n) is 5.23. The lowest BCUT2D eigenvalue weighted by atomic mass is 10.1. The molecule has 1 aromatic carbocycles. The highest BCUT2D eigenvalue weighted by atomic mass is 28.3. The highest BCUT2D eigenvalue weighted by molar-refractivity contribution is 6.93. The van der Waals surface area contributed by atoms with Gasteiger partial charge in [0.2, 0.25) is 0 Å². The number of rotatable bonds is 1. The highest BCUT2D eigenvalue weighted by Gasteiger charge is 2.25. The van der Waals surface area contributed by atoms with E-state index in [0.29, 0.717) is 0 Å². The largest absolute Gasteiger partial charge is 0.0803 e. The van der Waals surface area contributed by atoms with Crippen molar-refractivity contribution in [1.29, 1.82) is 0 Å². The molecule has 0 aromatic heterocycles. The Kier molecular flexibility index (Phi) is 2.15. The van der Waals surface area contributed by atoms with Crippen molar-refractivity contribution in [3.8, 4) is 0 Å². The van der Waals surface area contributed by atoms with Gasteiger partial charge >= 0.3 is 0 Å². The summed E-state index contributed by atoms with van der Waals surface area (Å²) in [5.74, 6) is 0. The summed E-state index contributed by atoms with van der Waals surface area (Å²) in [7, 11) is -1.13. The molecule has 14 heavy (non-hydrogen) atoms. The maximum absolute atomic E-state index is 2.44. The molecular formula is C13H18Si. The van der Waals surface area contributed by atoms with Crippen LogP contribution in [0.3, 0.4) is 0 Å². The van der Waals surface area contributed by atoms with Crippen molar-refractivity contribution in [2.45, 2.75) is 33.0 Å². The molecule has 1 aromatic rings. The van der Waals surface area contributed by atoms with Crippen molar-refractivity contribution in [2.75, 3.05) is 0 Å². The lowest BCUT2D eigenvalue weighted by Crippen LogP contribution is -2.21. The average Bonchev–Trinajstić information content (AvgIpc) is 2.45. The molecule has 0 aliphatic heterocycles. The predicted octanol–water partition coefficient (Wildman–Crippen LogP) is 3.81. The first-order valence-electron chi connectivity index (χ1n) is 5.29. The van der Waals surface area contributed by atoms with Crippen molar-refractivity contribution in [2.24, 2.45) is 0 Å². The van der Waals surface area contributed by atoms with Crippen LogP contribution in [-0.4, -0.2) is 8.07 Å². The minimum absolute atomic E-state index is 1.13. The topological polar surface area (TPSA) is 0 Å². The van der Waals surface area contributed by atoms with Gasteiger partial charge in [0.1, 0.15) is 0 Å². The second-order valence-corrected chi connectivity index (χ2v) is 10.3. The average molecular weight is 202 g/mol. The molecule has 0 heterocycles. The molecule has 2 rings (SSSR count). The molecule has 74 valence electrons. The molecule has 0 unspecified atom stereocenters. The fraction of sp³-hybridized carbons (Fsp3) is 0.385. The van der Waals surface area contributed by atoms with Crippen molar-refractivity contribution in [3.63, 3.8) is 0 Å². The molecule has 0 fully saturated rings. The first-order chi connectivity index (χ1) is 6.48. The number of fused-ring (bicyclic) bond motifs is 1. The molecule has 0 nitrogen and oxygen atoms in total. The Labute approximate surface area is 87.7 Å². The minimum Gasteiger partial charge on any atom is -0.0803 e. The molecule has 0 radical (unpaired) electrons. The van der Waals surface area contributed by atoms with Crippen LogP contribution < -0.4 is 0 Å². The van der Waals surface area contributed by atoms with E-state index in [1.807, 2.05) is 0 Å². The first-order valence-corrected chi connectivity index (χ1v) is 8.79. The van der Waals surface area contributed by atoms with Crippen molar-refractivity contribution < 1.29 is 0 Å². The van der Waals surface area contributed by atoms with E-state index in [2.05, 4.69) is 50.8 Å². The van der Waals surface area contributed by atoms with Gasteiger partial charge < -0.3 is 0 Å². The van der Waals surface area contributed by atoms with Crippen LogP contribution in [0.5, 0.6) is 0 Å². The number of allylic oxidation sites excluding steroid dienone is 1. The van der Waals surface area contributed by atoms with Gasteiger partial charge in [-0.15, -0.1) is 0 Å². The number of hydrogen-bond donors (Lipinski definition) is 0. The Morgan fingerprint density at radius 3 is 2.50 bits per heavy atom. The highest BCUT2D eigenvalue weighted by Crippen LogP contribution is 2.34. The molecule has 0 atom stereocenters. The zero-order valence-electron chi connectivity index (χ0n) is 9.52. The molecule has 0 bridgehead atoms. The quantitative estimate of drug-likeness (QED) is 0.607. The van der Waals surface area contributed by atoms with Crippen LogP contribution in [0.15, 0.2) is 24.3 Å². The smallest absolute Gasteiger partial charge is 0.0779 e. The molecule has 0 amide bonds. The maximum Gasteiger partial charge on any atom is 0.0779 e. The van der Waals surface area contributed by atoms with Crippen LogP contribution in [0, 0.1) is 6.92 Å². The summed E-state index contributed by atoms with van der Waals surface area (Å²) in [6, 6.07) is 6.87. The third-order valence-corrected chi connectivity index (χ3v) is 4.97. The van der Waals surface area contributed by atoms with E-state index in [4.69, 9.17) is 0 Å². The van der Waals surface area contributed by atoms with Gasteiger partial charge in [0, 0.05) is 0 Å². The maximum atomic E-state index is 2.44. The normalized spacial score (nSPS) is 15.3. The summed E-state index contributed by atoms with van der Waals surface area (Å²) in [4.78, 5) is 0. The van der Waals surface area contributed by atoms with E-state index < -0.39 is 8.07 Å². The van der Waals surface area contributed by atoms with Gasteiger partial charge in [-0.1, -0.05) is 54.7 Å². The van der Waals surface area contributed by atoms with Gasteiger partial charge in [-0.25, -0.2) is 0 Å². The Morgan fingerprint density at radius 2 is 1.86 bits per heavy atom. The third kappa shape index (κ3) is 1.57. The minimum atomic E-state index is -1.13. The van der Waals surface area contributed by atoms with E-state index in [1.54, 1.807) is 5.20 Å². The summed E-state index contributed by atoms with van der Waals surface area (Å²) >= 11 is 0. The Morgan fingerprint density at radius 1 is 1.14 bits per heavy atom. The molecule has 1 aliphatic rings. The molecule has 0 spiro atoms.